The number of carboxylic acids is 1. The van der Waals surface area contributed by atoms with E-state index in [4.69, 9.17) is 23.2 Å². The molecule has 0 aliphatic carbocycles. The molecule has 0 bridgehead atoms. The molecule has 8 heteroatoms. The number of carbonyl (C=O) groups is 1. The van der Waals surface area contributed by atoms with Crippen LogP contribution in [0.1, 0.15) is 0 Å². The summed E-state index contributed by atoms with van der Waals surface area (Å²) in [6, 6.07) is 11.5. The predicted octanol–water partition coefficient (Wildman–Crippen LogP) is 1.94. The van der Waals surface area contributed by atoms with Crippen LogP contribution in [0.3, 0.4) is 0 Å². The first-order chi connectivity index (χ1) is 10.3. The number of hydrogen-bond acceptors (Lipinski definition) is 4. The molecule has 0 saturated heterocycles. The van der Waals surface area contributed by atoms with Crippen LogP contribution in [0.25, 0.3) is 0 Å². The summed E-state index contributed by atoms with van der Waals surface area (Å²) < 4.78 is 26.0. The van der Waals surface area contributed by atoms with E-state index in [9.17, 15) is 18.3 Å². The smallest absolute Gasteiger partial charge is 0.264 e. The Balaban J connectivity index is 2.58. The highest BCUT2D eigenvalue weighted by atomic mass is 35.5. The number of nitrogens with zero attached hydrogens (tertiary/aromatic N) is 1. The molecular weight excluding hydrogens is 349 g/mol. The topological polar surface area (TPSA) is 77.5 Å². The lowest BCUT2D eigenvalue weighted by molar-refractivity contribution is -0.303. The maximum absolute atomic E-state index is 12.6. The van der Waals surface area contributed by atoms with E-state index in [0.717, 1.165) is 0 Å². The third-order valence-corrected chi connectivity index (χ3v) is 4.96. The second-order valence-electron chi connectivity index (χ2n) is 4.32. The quantitative estimate of drug-likeness (QED) is 0.818. The number of benzene rings is 2. The van der Waals surface area contributed by atoms with E-state index in [1.807, 2.05) is 0 Å². The molecule has 0 saturated carbocycles. The van der Waals surface area contributed by atoms with Gasteiger partial charge in [0.1, 0.15) is 0 Å². The minimum Gasteiger partial charge on any atom is -0.548 e. The molecule has 2 aromatic carbocycles. The summed E-state index contributed by atoms with van der Waals surface area (Å²) in [6.45, 7) is -0.853. The lowest BCUT2D eigenvalue weighted by atomic mass is 10.3. The third kappa shape index (κ3) is 3.71. The summed E-state index contributed by atoms with van der Waals surface area (Å²) in [7, 11) is -4.09. The van der Waals surface area contributed by atoms with Gasteiger partial charge in [-0.15, -0.1) is 0 Å². The number of anilines is 1. The van der Waals surface area contributed by atoms with Gasteiger partial charge in [-0.05, 0) is 30.3 Å². The average molecular weight is 359 g/mol. The second kappa shape index (κ2) is 6.56. The number of halogens is 2. The van der Waals surface area contributed by atoms with Gasteiger partial charge in [0.25, 0.3) is 10.0 Å². The zero-order chi connectivity index (χ0) is 16.3. The van der Waals surface area contributed by atoms with Crippen molar-refractivity contribution in [2.45, 2.75) is 4.90 Å². The number of carbonyl (C=O) groups excluding carboxylic acids is 1. The van der Waals surface area contributed by atoms with E-state index in [-0.39, 0.29) is 20.6 Å². The van der Waals surface area contributed by atoms with Gasteiger partial charge in [0, 0.05) is 10.0 Å². The van der Waals surface area contributed by atoms with Crippen LogP contribution in [0.4, 0.5) is 5.69 Å². The molecule has 0 aromatic heterocycles. The summed E-state index contributed by atoms with van der Waals surface area (Å²) in [5.41, 5.74) is 0.0468. The average Bonchev–Trinajstić information content (AvgIpc) is 2.44. The number of rotatable bonds is 5. The van der Waals surface area contributed by atoms with Gasteiger partial charge in [0.15, 0.2) is 0 Å². The Morgan fingerprint density at radius 1 is 1.05 bits per heavy atom. The molecule has 0 aliphatic heterocycles. The van der Waals surface area contributed by atoms with Gasteiger partial charge in [0.2, 0.25) is 0 Å². The molecule has 0 atom stereocenters. The molecule has 0 unspecified atom stereocenters. The first-order valence-corrected chi connectivity index (χ1v) is 8.24. The van der Waals surface area contributed by atoms with Crippen LogP contribution < -0.4 is 9.41 Å². The normalized spacial score (nSPS) is 11.2. The van der Waals surface area contributed by atoms with E-state index >= 15 is 0 Å². The molecule has 22 heavy (non-hydrogen) atoms. The van der Waals surface area contributed by atoms with Crippen LogP contribution in [-0.2, 0) is 14.8 Å². The Morgan fingerprint density at radius 2 is 1.59 bits per heavy atom. The van der Waals surface area contributed by atoms with E-state index < -0.39 is 22.5 Å². The first kappa shape index (κ1) is 16.6. The predicted molar refractivity (Wildman–Crippen MR) is 82.4 cm³/mol. The van der Waals surface area contributed by atoms with Crippen molar-refractivity contribution < 1.29 is 18.3 Å². The molecule has 5 nitrogen and oxygen atoms in total. The van der Waals surface area contributed by atoms with E-state index in [2.05, 4.69) is 0 Å². The summed E-state index contributed by atoms with van der Waals surface area (Å²) >= 11 is 11.7. The van der Waals surface area contributed by atoms with Gasteiger partial charge in [-0.2, -0.15) is 0 Å². The standard InChI is InChI=1S/C14H11Cl2NO4S/c15-10-6-11(16)8-12(7-10)17(9-14(18)19)22(20,21)13-4-2-1-3-5-13/h1-8H,9H2,(H,18,19)/p-1. The highest BCUT2D eigenvalue weighted by Crippen LogP contribution is 2.29. The number of sulfonamides is 1. The molecule has 0 fully saturated rings. The fourth-order valence-corrected chi connectivity index (χ4v) is 3.76. The second-order valence-corrected chi connectivity index (χ2v) is 7.06. The molecule has 0 N–H and O–H groups in total. The Hall–Kier alpha value is -1.76. The summed E-state index contributed by atoms with van der Waals surface area (Å²) in [5.74, 6) is -1.55. The monoisotopic (exact) mass is 358 g/mol. The van der Waals surface area contributed by atoms with Crippen molar-refractivity contribution in [1.82, 2.24) is 0 Å². The first-order valence-electron chi connectivity index (χ1n) is 6.04. The molecule has 0 radical (unpaired) electrons. The summed E-state index contributed by atoms with van der Waals surface area (Å²) in [4.78, 5) is 10.9. The van der Waals surface area contributed by atoms with Crippen LogP contribution in [0, 0.1) is 0 Å². The van der Waals surface area contributed by atoms with E-state index in [1.54, 1.807) is 6.07 Å². The van der Waals surface area contributed by atoms with Crippen molar-refractivity contribution in [3.05, 3.63) is 58.6 Å². The Labute approximate surface area is 137 Å². The molecule has 2 rings (SSSR count). The number of hydrogen-bond donors (Lipinski definition) is 0. The van der Waals surface area contributed by atoms with Gasteiger partial charge in [-0.25, -0.2) is 8.42 Å². The largest absolute Gasteiger partial charge is 0.548 e. The van der Waals surface area contributed by atoms with Crippen molar-refractivity contribution in [3.63, 3.8) is 0 Å². The van der Waals surface area contributed by atoms with Crippen LogP contribution in [0.15, 0.2) is 53.4 Å². The summed E-state index contributed by atoms with van der Waals surface area (Å²) in [5, 5.41) is 11.3. The van der Waals surface area contributed by atoms with Gasteiger partial charge in [-0.1, -0.05) is 41.4 Å². The molecule has 0 heterocycles. The molecule has 116 valence electrons. The van der Waals surface area contributed by atoms with E-state index in [1.165, 1.54) is 42.5 Å². The highest BCUT2D eigenvalue weighted by molar-refractivity contribution is 7.92. The van der Waals surface area contributed by atoms with Gasteiger partial charge in [0.05, 0.1) is 23.1 Å². The van der Waals surface area contributed by atoms with Gasteiger partial charge >= 0.3 is 0 Å². The fourth-order valence-electron chi connectivity index (χ4n) is 1.84. The fraction of sp³-hybridized carbons (Fsp3) is 0.0714. The Kier molecular flexibility index (Phi) is 4.95. The van der Waals surface area contributed by atoms with Crippen LogP contribution in [0.2, 0.25) is 10.0 Å². The Morgan fingerprint density at radius 3 is 2.09 bits per heavy atom. The molecule has 0 amide bonds. The van der Waals surface area contributed by atoms with E-state index in [0.29, 0.717) is 4.31 Å². The minimum absolute atomic E-state index is 0.0468. The lowest BCUT2D eigenvalue weighted by Gasteiger charge is -2.25. The van der Waals surface area contributed by atoms with Crippen LogP contribution in [-0.4, -0.2) is 20.9 Å². The third-order valence-electron chi connectivity index (χ3n) is 2.74. The molecule has 0 aliphatic rings. The van der Waals surface area contributed by atoms with Gasteiger partial charge in [-0.3, -0.25) is 4.31 Å². The van der Waals surface area contributed by atoms with Gasteiger partial charge < -0.3 is 9.90 Å². The lowest BCUT2D eigenvalue weighted by Crippen LogP contribution is -2.41. The SMILES string of the molecule is O=C([O-])CN(c1cc(Cl)cc(Cl)c1)S(=O)(=O)c1ccccc1. The summed E-state index contributed by atoms with van der Waals surface area (Å²) in [6.07, 6.45) is 0. The minimum atomic E-state index is -4.09. The highest BCUT2D eigenvalue weighted by Gasteiger charge is 2.25. The maximum Gasteiger partial charge on any atom is 0.264 e. The zero-order valence-corrected chi connectivity index (χ0v) is 13.4. The molecule has 2 aromatic rings. The van der Waals surface area contributed by atoms with Crippen LogP contribution in [0.5, 0.6) is 0 Å². The van der Waals surface area contributed by atoms with Crippen molar-refractivity contribution in [2.75, 3.05) is 10.8 Å². The van der Waals surface area contributed by atoms with Crippen molar-refractivity contribution in [3.8, 4) is 0 Å². The number of carboxylic acid groups (broad SMARTS) is 1. The Bertz CT molecular complexity index is 773. The van der Waals surface area contributed by atoms with Crippen LogP contribution >= 0.6 is 23.2 Å². The maximum atomic E-state index is 12.6. The van der Waals surface area contributed by atoms with Crippen molar-refractivity contribution in [1.29, 1.82) is 0 Å². The molecule has 0 spiro atoms. The zero-order valence-electron chi connectivity index (χ0n) is 11.1. The number of aliphatic carboxylic acids is 1. The van der Waals surface area contributed by atoms with Crippen molar-refractivity contribution >= 4 is 44.9 Å². The molecular formula is C14H10Cl2NO4S-. The van der Waals surface area contributed by atoms with Crippen molar-refractivity contribution in [2.24, 2.45) is 0 Å².